The first-order chi connectivity index (χ1) is 12.0. The van der Waals surface area contributed by atoms with Crippen molar-refractivity contribution in [1.82, 2.24) is 9.55 Å². The van der Waals surface area contributed by atoms with Crippen molar-refractivity contribution in [3.8, 4) is 0 Å². The Morgan fingerprint density at radius 1 is 1.48 bits per heavy atom. The summed E-state index contributed by atoms with van der Waals surface area (Å²) in [6, 6.07) is -0.968. The van der Waals surface area contributed by atoms with E-state index in [1.54, 1.807) is 13.8 Å². The molecule has 0 bridgehead atoms. The first-order valence-electron chi connectivity index (χ1n) is 8.41. The minimum absolute atomic E-state index is 0.274. The number of aryl methyl sites for hydroxylation is 1. The van der Waals surface area contributed by atoms with Crippen LogP contribution < -0.4 is 5.56 Å². The number of fused-ring (bicyclic) bond motifs is 3. The second kappa shape index (κ2) is 6.95. The quantitative estimate of drug-likeness (QED) is 0.819. The van der Waals surface area contributed by atoms with Crippen LogP contribution in [-0.2, 0) is 20.7 Å². The first kappa shape index (κ1) is 17.6. The minimum atomic E-state index is -1.07. The van der Waals surface area contributed by atoms with Gasteiger partial charge in [-0.2, -0.15) is 0 Å². The van der Waals surface area contributed by atoms with Crippen LogP contribution in [0.5, 0.6) is 0 Å². The van der Waals surface area contributed by atoms with E-state index >= 15 is 0 Å². The fourth-order valence-corrected chi connectivity index (χ4v) is 4.66. The van der Waals surface area contributed by atoms with Crippen molar-refractivity contribution < 1.29 is 19.4 Å². The Hall–Kier alpha value is -2.22. The van der Waals surface area contributed by atoms with Gasteiger partial charge in [-0.05, 0) is 38.2 Å². The maximum absolute atomic E-state index is 13.0. The number of carboxylic acids is 1. The number of esters is 1. The van der Waals surface area contributed by atoms with Crippen LogP contribution in [-0.4, -0.2) is 33.2 Å². The highest BCUT2D eigenvalue weighted by molar-refractivity contribution is 7.18. The summed E-state index contributed by atoms with van der Waals surface area (Å²) >= 11 is 1.41. The molecule has 2 unspecified atom stereocenters. The number of carbonyl (C=O) groups is 2. The molecule has 8 heteroatoms. The van der Waals surface area contributed by atoms with Crippen molar-refractivity contribution in [2.45, 2.75) is 51.5 Å². The monoisotopic (exact) mass is 364 g/mol. The lowest BCUT2D eigenvalue weighted by Gasteiger charge is -2.21. The fraction of sp³-hybridized carbons (Fsp3) is 0.529. The number of hydrogen-bond donors (Lipinski definition) is 1. The zero-order valence-electron chi connectivity index (χ0n) is 14.2. The lowest BCUT2D eigenvalue weighted by Crippen LogP contribution is -2.30. The topological polar surface area (TPSA) is 98.5 Å². The van der Waals surface area contributed by atoms with Gasteiger partial charge in [0.2, 0.25) is 0 Å². The maximum Gasteiger partial charge on any atom is 0.326 e. The van der Waals surface area contributed by atoms with Gasteiger partial charge in [-0.15, -0.1) is 11.3 Å². The summed E-state index contributed by atoms with van der Waals surface area (Å²) in [6.07, 6.45) is 3.85. The van der Waals surface area contributed by atoms with Gasteiger partial charge in [0.25, 0.3) is 5.56 Å². The van der Waals surface area contributed by atoms with E-state index in [1.165, 1.54) is 17.7 Å². The fourth-order valence-electron chi connectivity index (χ4n) is 3.43. The summed E-state index contributed by atoms with van der Waals surface area (Å²) in [7, 11) is 0. The number of nitrogens with zero attached hydrogens (tertiary/aromatic N) is 2. The molecule has 3 rings (SSSR count). The maximum atomic E-state index is 13.0. The smallest absolute Gasteiger partial charge is 0.326 e. The van der Waals surface area contributed by atoms with Gasteiger partial charge in [-0.3, -0.25) is 14.2 Å². The van der Waals surface area contributed by atoms with Crippen molar-refractivity contribution >= 4 is 33.5 Å². The van der Waals surface area contributed by atoms with E-state index in [9.17, 15) is 19.5 Å². The number of carboxylic acid groups (broad SMARTS) is 1. The number of thiophene rings is 1. The van der Waals surface area contributed by atoms with Gasteiger partial charge in [0.05, 0.1) is 24.2 Å². The standard InChI is InChI=1S/C17H20N2O5S/c1-3-10(16(21)22)19-8-18-14-13(15(19)20)12-9(17(23)24-4-2)6-5-7-11(12)25-14/h8-10H,3-7H2,1-2H3,(H,21,22). The summed E-state index contributed by atoms with van der Waals surface area (Å²) in [5, 5.41) is 9.74. The van der Waals surface area contributed by atoms with Crippen molar-refractivity contribution in [3.63, 3.8) is 0 Å². The summed E-state index contributed by atoms with van der Waals surface area (Å²) in [6.45, 7) is 3.74. The van der Waals surface area contributed by atoms with E-state index < -0.39 is 23.5 Å². The summed E-state index contributed by atoms with van der Waals surface area (Å²) in [4.78, 5) is 42.6. The summed E-state index contributed by atoms with van der Waals surface area (Å²) < 4.78 is 6.34. The Labute approximate surface area is 148 Å². The van der Waals surface area contributed by atoms with Gasteiger partial charge in [0.15, 0.2) is 0 Å². The number of rotatable bonds is 5. The predicted molar refractivity (Wildman–Crippen MR) is 93.2 cm³/mol. The van der Waals surface area contributed by atoms with E-state index in [0.717, 1.165) is 22.3 Å². The van der Waals surface area contributed by atoms with Crippen LogP contribution in [0.2, 0.25) is 0 Å². The molecule has 134 valence electrons. The third kappa shape index (κ3) is 2.95. The predicted octanol–water partition coefficient (Wildman–Crippen LogP) is 2.48. The molecule has 0 aliphatic heterocycles. The van der Waals surface area contributed by atoms with Crippen molar-refractivity contribution in [3.05, 3.63) is 27.1 Å². The molecule has 2 aromatic heterocycles. The van der Waals surface area contributed by atoms with Crippen LogP contribution in [0.15, 0.2) is 11.1 Å². The second-order valence-electron chi connectivity index (χ2n) is 6.04. The molecular formula is C17H20N2O5S. The van der Waals surface area contributed by atoms with Gasteiger partial charge in [-0.25, -0.2) is 9.78 Å². The lowest BCUT2D eigenvalue weighted by molar-refractivity contribution is -0.145. The van der Waals surface area contributed by atoms with Crippen molar-refractivity contribution in [2.24, 2.45) is 0 Å². The van der Waals surface area contributed by atoms with Crippen molar-refractivity contribution in [1.29, 1.82) is 0 Å². The summed E-state index contributed by atoms with van der Waals surface area (Å²) in [5.41, 5.74) is 0.296. The van der Waals surface area contributed by atoms with Crippen LogP contribution in [0.25, 0.3) is 10.2 Å². The second-order valence-corrected chi connectivity index (χ2v) is 7.12. The molecule has 1 N–H and O–H groups in total. The molecule has 0 amide bonds. The van der Waals surface area contributed by atoms with Crippen LogP contribution in [0, 0.1) is 0 Å². The molecule has 2 atom stereocenters. The van der Waals surface area contributed by atoms with E-state index in [2.05, 4.69) is 4.98 Å². The van der Waals surface area contributed by atoms with Crippen LogP contribution >= 0.6 is 11.3 Å². The van der Waals surface area contributed by atoms with Gasteiger partial charge in [0.1, 0.15) is 10.9 Å². The van der Waals surface area contributed by atoms with E-state index in [1.807, 2.05) is 0 Å². The van der Waals surface area contributed by atoms with Gasteiger partial charge in [0, 0.05) is 4.88 Å². The highest BCUT2D eigenvalue weighted by Gasteiger charge is 2.33. The van der Waals surface area contributed by atoms with Crippen molar-refractivity contribution in [2.75, 3.05) is 6.61 Å². The Kier molecular flexibility index (Phi) is 4.89. The normalized spacial score (nSPS) is 17.9. The van der Waals surface area contributed by atoms with Crippen LogP contribution in [0.3, 0.4) is 0 Å². The van der Waals surface area contributed by atoms with Crippen LogP contribution in [0.1, 0.15) is 55.5 Å². The molecule has 0 saturated carbocycles. The largest absolute Gasteiger partial charge is 0.480 e. The minimum Gasteiger partial charge on any atom is -0.480 e. The molecule has 0 saturated heterocycles. The highest BCUT2D eigenvalue weighted by atomic mass is 32.1. The van der Waals surface area contributed by atoms with Gasteiger partial charge >= 0.3 is 11.9 Å². The van der Waals surface area contributed by atoms with Crippen LogP contribution in [0.4, 0.5) is 0 Å². The molecule has 0 aromatic carbocycles. The zero-order chi connectivity index (χ0) is 18.1. The molecule has 7 nitrogen and oxygen atoms in total. The number of hydrogen-bond acceptors (Lipinski definition) is 6. The molecule has 2 aromatic rings. The lowest BCUT2D eigenvalue weighted by atomic mass is 9.86. The SMILES string of the molecule is CCOC(=O)C1CCCc2sc3ncn(C(CC)C(=O)O)c(=O)c3c21. The van der Waals surface area contributed by atoms with E-state index in [0.29, 0.717) is 22.2 Å². The average molecular weight is 364 g/mol. The number of carbonyl (C=O) groups excluding carboxylic acids is 1. The molecule has 0 fully saturated rings. The molecular weight excluding hydrogens is 344 g/mol. The zero-order valence-corrected chi connectivity index (χ0v) is 15.0. The molecule has 0 spiro atoms. The molecule has 1 aliphatic carbocycles. The Morgan fingerprint density at radius 3 is 2.88 bits per heavy atom. The highest BCUT2D eigenvalue weighted by Crippen LogP contribution is 2.41. The van der Waals surface area contributed by atoms with Gasteiger partial charge < -0.3 is 9.84 Å². The Bertz CT molecular complexity index is 885. The third-order valence-corrected chi connectivity index (χ3v) is 5.75. The number of ether oxygens (including phenoxy) is 1. The van der Waals surface area contributed by atoms with Gasteiger partial charge in [-0.1, -0.05) is 6.92 Å². The number of aliphatic carboxylic acids is 1. The molecule has 25 heavy (non-hydrogen) atoms. The molecule has 1 aliphatic rings. The Balaban J connectivity index is 2.22. The van der Waals surface area contributed by atoms with E-state index in [-0.39, 0.29) is 19.0 Å². The Morgan fingerprint density at radius 2 is 2.24 bits per heavy atom. The summed E-state index contributed by atoms with van der Waals surface area (Å²) in [5.74, 6) is -1.88. The number of aromatic nitrogens is 2. The average Bonchev–Trinajstić information content (AvgIpc) is 2.96. The molecule has 2 heterocycles. The third-order valence-electron chi connectivity index (χ3n) is 4.58. The van der Waals surface area contributed by atoms with E-state index in [4.69, 9.17) is 4.74 Å². The first-order valence-corrected chi connectivity index (χ1v) is 9.23. The molecule has 0 radical (unpaired) electrons.